The molecule has 1 N–H and O–H groups in total. The van der Waals surface area contributed by atoms with Crippen LogP contribution in [0.1, 0.15) is 144 Å². The van der Waals surface area contributed by atoms with E-state index < -0.39 is 0 Å². The third-order valence-electron chi connectivity index (χ3n) is 6.44. The Morgan fingerprint density at radius 1 is 0.816 bits per heavy atom. The van der Waals surface area contributed by atoms with Crippen molar-refractivity contribution in [3.8, 4) is 0 Å². The van der Waals surface area contributed by atoms with Crippen LogP contribution >= 0.6 is 0 Å². The second kappa shape index (κ2) is 46.5. The van der Waals surface area contributed by atoms with E-state index in [4.69, 9.17) is 14.6 Å². The summed E-state index contributed by atoms with van der Waals surface area (Å²) in [5.74, 6) is -0.0606. The molecule has 0 aliphatic heterocycles. The maximum absolute atomic E-state index is 12.7. The molecule has 0 unspecified atom stereocenters. The summed E-state index contributed by atoms with van der Waals surface area (Å²) in [6.45, 7) is 39.8. The van der Waals surface area contributed by atoms with Gasteiger partial charge in [0, 0.05) is 36.7 Å². The van der Waals surface area contributed by atoms with Crippen molar-refractivity contribution in [2.45, 2.75) is 128 Å². The Labute approximate surface area is 302 Å². The van der Waals surface area contributed by atoms with Gasteiger partial charge < -0.3 is 24.5 Å². The first-order chi connectivity index (χ1) is 23.5. The molecule has 8 nitrogen and oxygen atoms in total. The fourth-order valence-electron chi connectivity index (χ4n) is 3.85. The molecule has 0 saturated heterocycles. The van der Waals surface area contributed by atoms with Gasteiger partial charge in [-0.3, -0.25) is 14.6 Å². The van der Waals surface area contributed by atoms with Gasteiger partial charge in [-0.2, -0.15) is 0 Å². The maximum Gasteiger partial charge on any atom is 0.302 e. The van der Waals surface area contributed by atoms with Crippen LogP contribution in [0.5, 0.6) is 0 Å². The van der Waals surface area contributed by atoms with Crippen LogP contribution in [-0.4, -0.2) is 69.2 Å². The molecule has 1 aromatic rings. The normalized spacial score (nSPS) is 9.14. The van der Waals surface area contributed by atoms with Crippen molar-refractivity contribution in [1.29, 1.82) is 0 Å². The molecule has 0 aliphatic carbocycles. The molecule has 1 aromatic carbocycles. The number of carbonyl (C=O) groups excluding carboxylic acids is 4. The third kappa shape index (κ3) is 35.5. The van der Waals surface area contributed by atoms with E-state index >= 15 is 0 Å². The predicted octanol–water partition coefficient (Wildman–Crippen LogP) is 10.7. The van der Waals surface area contributed by atoms with Gasteiger partial charge in [-0.15, -0.1) is 6.58 Å². The second-order valence-electron chi connectivity index (χ2n) is 10.2. The van der Waals surface area contributed by atoms with Gasteiger partial charge in [0.1, 0.15) is 13.6 Å². The number of carbonyl (C=O) groups is 4. The Morgan fingerprint density at radius 3 is 1.67 bits per heavy atom. The Hall–Kier alpha value is -3.65. The van der Waals surface area contributed by atoms with E-state index in [2.05, 4.69) is 69.7 Å². The number of ketones is 1. The van der Waals surface area contributed by atoms with E-state index in [1.165, 1.54) is 25.2 Å². The number of hydrogen-bond donors (Lipinski definition) is 1. The summed E-state index contributed by atoms with van der Waals surface area (Å²) in [4.78, 5) is 45.6. The quantitative estimate of drug-likeness (QED) is 0.0570. The van der Waals surface area contributed by atoms with Crippen LogP contribution in [0.3, 0.4) is 0 Å². The SMILES string of the molecule is C=CCC(C)=C(C)C.C=CNc1c(C(=O)CCCCC)cccc1C(C)=NCCN(CCC)CCC.C=O.C=O.CC.CC.COC(C)=O. The van der Waals surface area contributed by atoms with Crippen LogP contribution in [0.25, 0.3) is 0 Å². The van der Waals surface area contributed by atoms with E-state index in [0.29, 0.717) is 6.42 Å². The summed E-state index contributed by atoms with van der Waals surface area (Å²) in [7, 11) is 1.35. The molecule has 0 bridgehead atoms. The molecular weight excluding hydrogens is 614 g/mol. The monoisotopic (exact) mass is 690 g/mol. The largest absolute Gasteiger partial charge is 0.469 e. The van der Waals surface area contributed by atoms with Gasteiger partial charge in [0.25, 0.3) is 0 Å². The number of unbranched alkanes of at least 4 members (excludes halogenated alkanes) is 2. The minimum atomic E-state index is -0.245. The smallest absolute Gasteiger partial charge is 0.302 e. The highest BCUT2D eigenvalue weighted by Crippen LogP contribution is 2.24. The van der Waals surface area contributed by atoms with E-state index in [-0.39, 0.29) is 11.8 Å². The summed E-state index contributed by atoms with van der Waals surface area (Å²) in [5.41, 5.74) is 6.35. The zero-order valence-electron chi connectivity index (χ0n) is 33.9. The second-order valence-corrected chi connectivity index (χ2v) is 10.2. The van der Waals surface area contributed by atoms with Crippen molar-refractivity contribution < 1.29 is 23.9 Å². The van der Waals surface area contributed by atoms with Crippen LogP contribution in [0, 0.1) is 0 Å². The van der Waals surface area contributed by atoms with Crippen molar-refractivity contribution in [2.75, 3.05) is 38.6 Å². The lowest BCUT2D eigenvalue weighted by atomic mass is 9.98. The van der Waals surface area contributed by atoms with Gasteiger partial charge in [0.15, 0.2) is 5.78 Å². The number of ether oxygens (including phenoxy) is 1. The van der Waals surface area contributed by atoms with Crippen LogP contribution in [0.2, 0.25) is 0 Å². The molecule has 284 valence electrons. The lowest BCUT2D eigenvalue weighted by Crippen LogP contribution is -2.28. The molecule has 1 rings (SSSR count). The first-order valence-electron chi connectivity index (χ1n) is 17.7. The van der Waals surface area contributed by atoms with Crippen molar-refractivity contribution in [3.05, 3.63) is 65.9 Å². The number of nitrogens with zero attached hydrogens (tertiary/aromatic N) is 2. The van der Waals surface area contributed by atoms with Crippen molar-refractivity contribution in [2.24, 2.45) is 4.99 Å². The maximum atomic E-state index is 12.7. The van der Waals surface area contributed by atoms with E-state index in [9.17, 15) is 9.59 Å². The number of allylic oxidation sites excluding steroid dienone is 3. The molecule has 0 amide bonds. The number of hydrogen-bond acceptors (Lipinski definition) is 8. The summed E-state index contributed by atoms with van der Waals surface area (Å²) >= 11 is 0. The van der Waals surface area contributed by atoms with E-state index in [0.717, 1.165) is 87.2 Å². The zero-order chi connectivity index (χ0) is 39.6. The average molecular weight is 690 g/mol. The Morgan fingerprint density at radius 2 is 1.31 bits per heavy atom. The molecule has 0 atom stereocenters. The van der Waals surface area contributed by atoms with Gasteiger partial charge in [-0.1, -0.05) is 97.2 Å². The molecule has 49 heavy (non-hydrogen) atoms. The summed E-state index contributed by atoms with van der Waals surface area (Å²) in [5, 5.41) is 3.19. The van der Waals surface area contributed by atoms with E-state index in [1.807, 2.05) is 72.5 Å². The van der Waals surface area contributed by atoms with Gasteiger partial charge >= 0.3 is 5.97 Å². The van der Waals surface area contributed by atoms with Crippen LogP contribution < -0.4 is 5.32 Å². The summed E-state index contributed by atoms with van der Waals surface area (Å²) in [6, 6.07) is 5.89. The van der Waals surface area contributed by atoms with E-state index in [1.54, 1.807) is 6.20 Å². The van der Waals surface area contributed by atoms with Crippen LogP contribution in [0.15, 0.2) is 59.8 Å². The first-order valence-corrected chi connectivity index (χ1v) is 17.7. The van der Waals surface area contributed by atoms with Crippen LogP contribution in [-0.2, 0) is 19.1 Å². The number of nitrogens with one attached hydrogen (secondary N) is 1. The van der Waals surface area contributed by atoms with Crippen molar-refractivity contribution >= 4 is 36.7 Å². The molecule has 0 fully saturated rings. The number of para-hydroxylation sites is 1. The number of esters is 1. The Balaban J connectivity index is -0.000000181. The molecule has 0 heterocycles. The van der Waals surface area contributed by atoms with Crippen molar-refractivity contribution in [3.63, 3.8) is 0 Å². The average Bonchev–Trinajstić information content (AvgIpc) is 3.12. The minimum Gasteiger partial charge on any atom is -0.469 e. The molecular formula is C41H75N3O5. The number of benzene rings is 1. The van der Waals surface area contributed by atoms with Crippen molar-refractivity contribution in [1.82, 2.24) is 4.90 Å². The molecule has 0 saturated carbocycles. The number of aliphatic imine (C=N–C) groups is 1. The number of methoxy groups -OCH3 is 1. The van der Waals surface area contributed by atoms with Gasteiger partial charge in [-0.25, -0.2) is 0 Å². The fourth-order valence-corrected chi connectivity index (χ4v) is 3.85. The van der Waals surface area contributed by atoms with Gasteiger partial charge in [-0.05, 0) is 78.7 Å². The highest BCUT2D eigenvalue weighted by Gasteiger charge is 2.15. The molecule has 0 spiro atoms. The summed E-state index contributed by atoms with van der Waals surface area (Å²) in [6.07, 6.45) is 10.7. The Kier molecular flexibility index (Phi) is 54.6. The predicted molar refractivity (Wildman–Crippen MR) is 216 cm³/mol. The first kappa shape index (κ1) is 57.6. The topological polar surface area (TPSA) is 105 Å². The highest BCUT2D eigenvalue weighted by molar-refractivity contribution is 6.10. The van der Waals surface area contributed by atoms with Gasteiger partial charge in [0.2, 0.25) is 0 Å². The minimum absolute atomic E-state index is 0.185. The standard InChI is InChI=1S/C24H39N3O.C8H14.C3H6O2.2C2H6.2CH2O/c1-6-10-11-15-23(28)22-14-12-13-21(24(22)25-9-4)20(5)26-16-19-27(17-7-2)18-8-3;1-5-6-8(4)7(2)3;1-3(4)5-2;4*1-2/h9,12-14,25H,4,6-8,10-11,15-19H2,1-3,5H3;5H,1,6H2,2-4H3;1-2H3;2*1-2H3;2*1H2. The molecule has 0 radical (unpaired) electrons. The number of Topliss-reactive ketones (excluding diaryl/α,β-unsaturated/α-hetero) is 1. The van der Waals surface area contributed by atoms with Gasteiger partial charge in [0.05, 0.1) is 19.3 Å². The molecule has 0 aliphatic rings. The summed E-state index contributed by atoms with van der Waals surface area (Å²) < 4.78 is 4.11. The highest BCUT2D eigenvalue weighted by atomic mass is 16.5. The lowest BCUT2D eigenvalue weighted by molar-refractivity contribution is -0.137. The van der Waals surface area contributed by atoms with Crippen LogP contribution in [0.4, 0.5) is 5.69 Å². The molecule has 8 heteroatoms. The Bertz CT molecular complexity index is 991. The lowest BCUT2D eigenvalue weighted by Gasteiger charge is -2.20. The molecule has 0 aromatic heterocycles. The zero-order valence-corrected chi connectivity index (χ0v) is 33.9. The third-order valence-corrected chi connectivity index (χ3v) is 6.44. The fraction of sp³-hybridized carbons (Fsp3) is 0.585. The number of rotatable bonds is 17. The number of anilines is 1.